The standard InChI is InChI=1S/C28H38O5Si.C26H34O5Si.C26H36O4Si.CH4/c1-7-30-25(29)18-22-23(19-24-26(22)32-28(5,6)31-24)33-34(27(2,3)4,20-14-10-8-11-15-20)21-16-12-9-13-17-21;1-25(2,3)32(18-12-8-6-9-13-18,19-14-10-7-11-15-19)31-21-17-22-24(20(21)16-23(27)28)30-26(4,5)29-22;1-25(2,3)31(19-12-8-6-9-13-19,20-14-10-7-11-15-20)30-22-18-23-24(21(22)16-17-27)29-26(4,5)28-23;/h8-17,22-24,26H,7,18-19H2,1-6H3;6-15,20-22,24H,16-17H2,1-5H3,(H,27,28);6-15,21-24,27H,16-18H2,1-5H3;1H4/t22-,23+,24+,26-;20-,21+,22+,24-;21-,22+,23+,24-;/m000./s1. The maximum absolute atomic E-state index is 12.6. The molecule has 6 aromatic carbocycles. The molecule has 2 N–H and O–H groups in total. The highest BCUT2D eigenvalue weighted by Crippen LogP contribution is 2.51. The molecule has 0 aromatic heterocycles. The molecule has 3 aliphatic heterocycles. The Bertz CT molecular complexity index is 3390. The zero-order valence-corrected chi connectivity index (χ0v) is 63.2. The van der Waals surface area contributed by atoms with Gasteiger partial charge in [0.25, 0.3) is 25.0 Å². The normalized spacial score (nSPS) is 26.9. The Labute approximate surface area is 588 Å². The van der Waals surface area contributed by atoms with Crippen molar-refractivity contribution in [3.05, 3.63) is 182 Å². The van der Waals surface area contributed by atoms with E-state index >= 15 is 0 Å². The van der Waals surface area contributed by atoms with Crippen molar-refractivity contribution < 1.29 is 66.2 Å². The number of benzene rings is 6. The minimum Gasteiger partial charge on any atom is -0.481 e. The molecule has 17 heteroatoms. The predicted molar refractivity (Wildman–Crippen MR) is 395 cm³/mol. The monoisotopic (exact) mass is 1390 g/mol. The smallest absolute Gasteiger partial charge is 0.306 e. The second-order valence-corrected chi connectivity index (χ2v) is 44.5. The van der Waals surface area contributed by atoms with Crippen LogP contribution in [0.1, 0.15) is 157 Å². The summed E-state index contributed by atoms with van der Waals surface area (Å²) in [6.45, 7) is 34.3. The number of carbonyl (C=O) groups excluding carboxylic acids is 1. The van der Waals surface area contributed by atoms with Gasteiger partial charge in [-0.3, -0.25) is 9.59 Å². The summed E-state index contributed by atoms with van der Waals surface area (Å²) in [7, 11) is -8.23. The molecule has 3 saturated heterocycles. The van der Waals surface area contributed by atoms with Crippen molar-refractivity contribution in [3.8, 4) is 0 Å². The van der Waals surface area contributed by atoms with Gasteiger partial charge in [0.2, 0.25) is 0 Å². The minimum atomic E-state index is -2.79. The highest BCUT2D eigenvalue weighted by atomic mass is 28.4. The lowest BCUT2D eigenvalue weighted by atomic mass is 9.99. The van der Waals surface area contributed by atoms with Crippen LogP contribution in [-0.2, 0) is 56.0 Å². The minimum absolute atomic E-state index is 0. The summed E-state index contributed by atoms with van der Waals surface area (Å²) in [5.41, 5.74) is 0. The number of fused-ring (bicyclic) bond motifs is 3. The fourth-order valence-corrected chi connectivity index (χ4v) is 31.1. The SMILES string of the molecule is C.CC1(C)O[C@H]2[C@@H](CC(=O)O)[C@H](O[Si](c3ccccc3)(c3ccccc3)C(C)(C)C)C[C@H]2O1.CC1(C)O[C@H]2[C@@H](CCO)[C@H](O[Si](c3ccccc3)(c3ccccc3)C(C)(C)C)C[C@H]2O1.CCOC(=O)C[C@@H]1[C@@H]2OC(C)(C)O[C@@H]2C[C@H]1O[Si](c1ccccc1)(c1ccccc1)C(C)(C)C. The van der Waals surface area contributed by atoms with E-state index in [-0.39, 0.29) is 121 Å². The van der Waals surface area contributed by atoms with E-state index in [9.17, 15) is 19.8 Å². The molecule has 0 bridgehead atoms. The Kier molecular flexibility index (Phi) is 23.9. The van der Waals surface area contributed by atoms with E-state index < -0.39 is 48.3 Å². The molecule has 6 aliphatic rings. The number of rotatable bonds is 19. The second-order valence-electron chi connectivity index (χ2n) is 31.7. The summed E-state index contributed by atoms with van der Waals surface area (Å²) in [4.78, 5) is 24.4. The fourth-order valence-electron chi connectivity index (χ4n) is 16.8. The maximum atomic E-state index is 12.6. The van der Waals surface area contributed by atoms with Crippen LogP contribution in [0, 0.1) is 17.8 Å². The van der Waals surface area contributed by atoms with Crippen molar-refractivity contribution in [3.63, 3.8) is 0 Å². The number of ether oxygens (including phenoxy) is 7. The zero-order chi connectivity index (χ0) is 70.0. The third-order valence-electron chi connectivity index (χ3n) is 20.6. The quantitative estimate of drug-likeness (QED) is 0.0581. The number of hydrogen-bond donors (Lipinski definition) is 2. The topological polar surface area (TPSA) is 167 Å². The molecule has 3 aliphatic carbocycles. The number of carboxylic acids is 1. The summed E-state index contributed by atoms with van der Waals surface area (Å²) in [5, 5.41) is 26.5. The molecule has 6 aromatic rings. The van der Waals surface area contributed by atoms with E-state index in [1.165, 1.54) is 31.1 Å². The van der Waals surface area contributed by atoms with Gasteiger partial charge in [0, 0.05) is 43.6 Å². The summed E-state index contributed by atoms with van der Waals surface area (Å²) in [6, 6.07) is 63.5. The summed E-state index contributed by atoms with van der Waals surface area (Å²) in [5.74, 6) is -3.27. The first kappa shape index (κ1) is 76.7. The van der Waals surface area contributed by atoms with Gasteiger partial charge in [-0.1, -0.05) is 252 Å². The van der Waals surface area contributed by atoms with Crippen molar-refractivity contribution in [2.24, 2.45) is 17.8 Å². The summed E-state index contributed by atoms with van der Waals surface area (Å²) in [6.07, 6.45) is 1.84. The Hall–Kier alpha value is -5.49. The lowest BCUT2D eigenvalue weighted by Crippen LogP contribution is -2.68. The first-order valence-electron chi connectivity index (χ1n) is 35.2. The van der Waals surface area contributed by atoms with Gasteiger partial charge in [0.15, 0.2) is 17.4 Å². The molecule has 0 amide bonds. The van der Waals surface area contributed by atoms with Crippen LogP contribution in [0.5, 0.6) is 0 Å². The number of aliphatic hydroxyl groups is 1. The van der Waals surface area contributed by atoms with E-state index in [1.54, 1.807) is 0 Å². The van der Waals surface area contributed by atoms with Gasteiger partial charge in [-0.15, -0.1) is 0 Å². The highest BCUT2D eigenvalue weighted by Gasteiger charge is 2.62. The molecule has 3 heterocycles. The Morgan fingerprint density at radius 2 is 0.663 bits per heavy atom. The van der Waals surface area contributed by atoms with Gasteiger partial charge in [-0.25, -0.2) is 0 Å². The molecule has 14 nitrogen and oxygen atoms in total. The largest absolute Gasteiger partial charge is 0.481 e. The first-order valence-corrected chi connectivity index (χ1v) is 40.9. The van der Waals surface area contributed by atoms with Crippen molar-refractivity contribution in [2.45, 2.75) is 244 Å². The molecule has 6 fully saturated rings. The van der Waals surface area contributed by atoms with Crippen molar-refractivity contribution >= 4 is 68.0 Å². The van der Waals surface area contributed by atoms with Gasteiger partial charge >= 0.3 is 11.9 Å². The van der Waals surface area contributed by atoms with Crippen LogP contribution in [0.25, 0.3) is 0 Å². The van der Waals surface area contributed by atoms with Crippen LogP contribution in [0.15, 0.2) is 182 Å². The van der Waals surface area contributed by atoms with E-state index in [0.29, 0.717) is 25.9 Å². The first-order chi connectivity index (χ1) is 45.8. The van der Waals surface area contributed by atoms with Crippen LogP contribution >= 0.6 is 0 Å². The second kappa shape index (κ2) is 30.6. The third-order valence-corrected chi connectivity index (χ3v) is 35.8. The summed E-state index contributed by atoms with van der Waals surface area (Å²) < 4.78 is 64.8. The van der Waals surface area contributed by atoms with E-state index in [0.717, 1.165) is 6.42 Å². The Balaban J connectivity index is 0.000000171. The lowest BCUT2D eigenvalue weighted by Gasteiger charge is -2.46. The van der Waals surface area contributed by atoms with Gasteiger partial charge in [0.05, 0.1) is 74.4 Å². The lowest BCUT2D eigenvalue weighted by molar-refractivity contribution is -0.167. The van der Waals surface area contributed by atoms with Crippen LogP contribution in [-0.4, -0.2) is 133 Å². The number of aliphatic hydroxyl groups excluding tert-OH is 1. The zero-order valence-electron chi connectivity index (χ0n) is 60.2. The van der Waals surface area contributed by atoms with Crippen LogP contribution in [0.2, 0.25) is 15.1 Å². The van der Waals surface area contributed by atoms with Crippen LogP contribution in [0.3, 0.4) is 0 Å². The third kappa shape index (κ3) is 16.1. The number of carboxylic acid groups (broad SMARTS) is 1. The Morgan fingerprint density at radius 3 is 0.898 bits per heavy atom. The van der Waals surface area contributed by atoms with Crippen LogP contribution in [0.4, 0.5) is 0 Å². The van der Waals surface area contributed by atoms with E-state index in [2.05, 4.69) is 220 Å². The van der Waals surface area contributed by atoms with Crippen molar-refractivity contribution in [1.82, 2.24) is 0 Å². The Morgan fingerprint density at radius 1 is 0.418 bits per heavy atom. The maximum Gasteiger partial charge on any atom is 0.306 e. The number of hydrogen-bond acceptors (Lipinski definition) is 13. The molecule has 0 radical (unpaired) electrons. The van der Waals surface area contributed by atoms with E-state index in [1.807, 2.05) is 72.7 Å². The van der Waals surface area contributed by atoms with Gasteiger partial charge in [-0.2, -0.15) is 0 Å². The molecule has 98 heavy (non-hydrogen) atoms. The molecule has 12 rings (SSSR count). The molecule has 0 unspecified atom stereocenters. The average Bonchev–Trinajstić information content (AvgIpc) is 1.34. The van der Waals surface area contributed by atoms with Crippen LogP contribution < -0.4 is 31.1 Å². The predicted octanol–water partition coefficient (Wildman–Crippen LogP) is 12.9. The molecule has 0 spiro atoms. The fraction of sp³-hybridized carbons (Fsp3) is 0.531. The molecule has 3 saturated carbocycles. The number of esters is 1. The molecular formula is C81H112O14Si3. The summed E-state index contributed by atoms with van der Waals surface area (Å²) >= 11 is 0. The average molecular weight is 1390 g/mol. The van der Waals surface area contributed by atoms with E-state index in [4.69, 9.17) is 46.4 Å². The molecule has 532 valence electrons. The van der Waals surface area contributed by atoms with Gasteiger partial charge in [0.1, 0.15) is 0 Å². The highest BCUT2D eigenvalue weighted by molar-refractivity contribution is 7.00. The number of carbonyl (C=O) groups is 2. The number of aliphatic carboxylic acids is 1. The molecular weight excluding hydrogens is 1280 g/mol. The van der Waals surface area contributed by atoms with Gasteiger partial charge in [-0.05, 0) is 101 Å². The molecule has 12 atom stereocenters. The van der Waals surface area contributed by atoms with Crippen molar-refractivity contribution in [2.75, 3.05) is 13.2 Å². The van der Waals surface area contributed by atoms with Crippen molar-refractivity contribution in [1.29, 1.82) is 0 Å². The van der Waals surface area contributed by atoms with Gasteiger partial charge < -0.3 is 56.6 Å².